The summed E-state index contributed by atoms with van der Waals surface area (Å²) >= 11 is 0. The molecule has 2 N–H and O–H groups in total. The molecule has 0 saturated heterocycles. The summed E-state index contributed by atoms with van der Waals surface area (Å²) in [6.07, 6.45) is 0.250. The summed E-state index contributed by atoms with van der Waals surface area (Å²) in [5, 5.41) is 11.1. The number of halogens is 1. The molecule has 0 radical (unpaired) electrons. The first-order chi connectivity index (χ1) is 8.49. The number of ether oxygens (including phenoxy) is 1. The van der Waals surface area contributed by atoms with Gasteiger partial charge in [0.25, 0.3) is 5.91 Å². The molecule has 0 spiro atoms. The second kappa shape index (κ2) is 6.00. The molecule has 0 unspecified atom stereocenters. The average molecular weight is 255 g/mol. The number of aliphatic carboxylic acids is 1. The monoisotopic (exact) mass is 255 g/mol. The maximum atomic E-state index is 13.4. The minimum absolute atomic E-state index is 0.0248. The van der Waals surface area contributed by atoms with E-state index in [2.05, 4.69) is 5.32 Å². The molecular weight excluding hydrogens is 241 g/mol. The van der Waals surface area contributed by atoms with Gasteiger partial charge in [0, 0.05) is 5.56 Å². The van der Waals surface area contributed by atoms with Gasteiger partial charge in [-0.15, -0.1) is 0 Å². The van der Waals surface area contributed by atoms with E-state index in [1.165, 1.54) is 19.2 Å². The summed E-state index contributed by atoms with van der Waals surface area (Å²) in [6, 6.07) is 2.70. The van der Waals surface area contributed by atoms with E-state index in [9.17, 15) is 14.0 Å². The molecule has 1 aromatic carbocycles. The first-order valence-electron chi connectivity index (χ1n) is 5.36. The quantitative estimate of drug-likeness (QED) is 0.834. The van der Waals surface area contributed by atoms with E-state index in [0.29, 0.717) is 0 Å². The lowest BCUT2D eigenvalue weighted by Crippen LogP contribution is -2.40. The molecule has 0 saturated carbocycles. The van der Waals surface area contributed by atoms with Crippen molar-refractivity contribution in [3.8, 4) is 5.75 Å². The topological polar surface area (TPSA) is 75.6 Å². The zero-order valence-corrected chi connectivity index (χ0v) is 10.1. The second-order valence-electron chi connectivity index (χ2n) is 3.62. The lowest BCUT2D eigenvalue weighted by atomic mass is 10.1. The van der Waals surface area contributed by atoms with Crippen LogP contribution in [0.15, 0.2) is 18.2 Å². The number of methoxy groups -OCH3 is 1. The Morgan fingerprint density at radius 1 is 1.50 bits per heavy atom. The first kappa shape index (κ1) is 14.0. The molecule has 0 fully saturated rings. The predicted molar refractivity (Wildman–Crippen MR) is 62.1 cm³/mol. The van der Waals surface area contributed by atoms with Gasteiger partial charge >= 0.3 is 5.97 Å². The number of carbonyl (C=O) groups excluding carboxylic acids is 1. The van der Waals surface area contributed by atoms with Crippen LogP contribution in [0.1, 0.15) is 23.7 Å². The third-order valence-electron chi connectivity index (χ3n) is 2.43. The van der Waals surface area contributed by atoms with Crippen LogP contribution in [-0.2, 0) is 4.79 Å². The van der Waals surface area contributed by atoms with Crippen molar-refractivity contribution >= 4 is 11.9 Å². The molecule has 98 valence electrons. The van der Waals surface area contributed by atoms with E-state index in [4.69, 9.17) is 9.84 Å². The molecule has 0 bridgehead atoms. The SMILES string of the molecule is CC[C@@H](NC(=O)c1ccc(OC)c(F)c1)C(=O)O. The Hall–Kier alpha value is -2.11. The molecule has 1 atom stereocenters. The van der Waals surface area contributed by atoms with Crippen LogP contribution in [0.4, 0.5) is 4.39 Å². The van der Waals surface area contributed by atoms with Gasteiger partial charge in [0.05, 0.1) is 7.11 Å². The number of nitrogens with one attached hydrogen (secondary N) is 1. The van der Waals surface area contributed by atoms with Crippen molar-refractivity contribution in [1.29, 1.82) is 0 Å². The summed E-state index contributed by atoms with van der Waals surface area (Å²) in [6.45, 7) is 1.63. The summed E-state index contributed by atoms with van der Waals surface area (Å²) in [7, 11) is 1.32. The Balaban J connectivity index is 2.84. The van der Waals surface area contributed by atoms with Crippen molar-refractivity contribution < 1.29 is 23.8 Å². The zero-order chi connectivity index (χ0) is 13.7. The highest BCUT2D eigenvalue weighted by Crippen LogP contribution is 2.17. The molecule has 18 heavy (non-hydrogen) atoms. The molecular formula is C12H14FNO4. The van der Waals surface area contributed by atoms with Crippen LogP contribution in [0.25, 0.3) is 0 Å². The standard InChI is InChI=1S/C12H14FNO4/c1-3-9(12(16)17)14-11(15)7-4-5-10(18-2)8(13)6-7/h4-6,9H,3H2,1-2H3,(H,14,15)(H,16,17)/t9-/m1/s1. The van der Waals surface area contributed by atoms with E-state index in [0.717, 1.165) is 6.07 Å². The normalized spacial score (nSPS) is 11.7. The van der Waals surface area contributed by atoms with Gasteiger partial charge in [0.15, 0.2) is 11.6 Å². The van der Waals surface area contributed by atoms with Gasteiger partial charge in [-0.2, -0.15) is 0 Å². The molecule has 6 heteroatoms. The van der Waals surface area contributed by atoms with Crippen LogP contribution < -0.4 is 10.1 Å². The van der Waals surface area contributed by atoms with Crippen LogP contribution in [0, 0.1) is 5.82 Å². The van der Waals surface area contributed by atoms with E-state index < -0.39 is 23.7 Å². The summed E-state index contributed by atoms with van der Waals surface area (Å²) in [5.74, 6) is -2.41. The first-order valence-corrected chi connectivity index (χ1v) is 5.36. The predicted octanol–water partition coefficient (Wildman–Crippen LogP) is 1.43. The third-order valence-corrected chi connectivity index (χ3v) is 2.43. The molecule has 1 rings (SSSR count). The Morgan fingerprint density at radius 3 is 2.61 bits per heavy atom. The fourth-order valence-electron chi connectivity index (χ4n) is 1.39. The van der Waals surface area contributed by atoms with Gasteiger partial charge in [-0.1, -0.05) is 6.92 Å². The van der Waals surface area contributed by atoms with Gasteiger partial charge in [-0.05, 0) is 24.6 Å². The minimum atomic E-state index is -1.13. The molecule has 0 aliphatic heterocycles. The van der Waals surface area contributed by atoms with E-state index in [-0.39, 0.29) is 17.7 Å². The van der Waals surface area contributed by atoms with Crippen molar-refractivity contribution in [3.05, 3.63) is 29.6 Å². The number of carboxylic acids is 1. The molecule has 0 aromatic heterocycles. The number of amides is 1. The molecule has 1 amide bonds. The third kappa shape index (κ3) is 3.19. The molecule has 0 aliphatic carbocycles. The summed E-state index contributed by atoms with van der Waals surface area (Å²) < 4.78 is 18.1. The lowest BCUT2D eigenvalue weighted by molar-refractivity contribution is -0.139. The maximum Gasteiger partial charge on any atom is 0.326 e. The van der Waals surface area contributed by atoms with Crippen LogP contribution in [0.5, 0.6) is 5.75 Å². The highest BCUT2D eigenvalue weighted by atomic mass is 19.1. The average Bonchev–Trinajstić information content (AvgIpc) is 2.35. The number of carbonyl (C=O) groups is 2. The second-order valence-corrected chi connectivity index (χ2v) is 3.62. The van der Waals surface area contributed by atoms with Crippen molar-refractivity contribution in [2.24, 2.45) is 0 Å². The van der Waals surface area contributed by atoms with Crippen molar-refractivity contribution in [2.75, 3.05) is 7.11 Å². The number of hydrogen-bond donors (Lipinski definition) is 2. The van der Waals surface area contributed by atoms with Crippen LogP contribution in [-0.4, -0.2) is 30.1 Å². The highest BCUT2D eigenvalue weighted by molar-refractivity contribution is 5.96. The number of benzene rings is 1. The Labute approximate surface area is 104 Å². The van der Waals surface area contributed by atoms with E-state index in [1.807, 2.05) is 0 Å². The van der Waals surface area contributed by atoms with E-state index in [1.54, 1.807) is 6.92 Å². The van der Waals surface area contributed by atoms with Gasteiger partial charge in [0.2, 0.25) is 0 Å². The molecule has 1 aromatic rings. The van der Waals surface area contributed by atoms with E-state index >= 15 is 0 Å². The fourth-order valence-corrected chi connectivity index (χ4v) is 1.39. The summed E-state index contributed by atoms with van der Waals surface area (Å²) in [4.78, 5) is 22.4. The van der Waals surface area contributed by atoms with Gasteiger partial charge < -0.3 is 15.2 Å². The van der Waals surface area contributed by atoms with Gasteiger partial charge in [-0.25, -0.2) is 9.18 Å². The maximum absolute atomic E-state index is 13.4. The van der Waals surface area contributed by atoms with Crippen LogP contribution in [0.3, 0.4) is 0 Å². The number of hydrogen-bond acceptors (Lipinski definition) is 3. The van der Waals surface area contributed by atoms with Gasteiger partial charge in [0.1, 0.15) is 6.04 Å². The number of rotatable bonds is 5. The van der Waals surface area contributed by atoms with Crippen molar-refractivity contribution in [2.45, 2.75) is 19.4 Å². The molecule has 0 heterocycles. The fraction of sp³-hybridized carbons (Fsp3) is 0.333. The zero-order valence-electron chi connectivity index (χ0n) is 10.1. The Morgan fingerprint density at radius 2 is 2.17 bits per heavy atom. The molecule has 5 nitrogen and oxygen atoms in total. The Bertz CT molecular complexity index is 461. The van der Waals surface area contributed by atoms with Crippen LogP contribution >= 0.6 is 0 Å². The smallest absolute Gasteiger partial charge is 0.326 e. The van der Waals surface area contributed by atoms with Crippen LogP contribution in [0.2, 0.25) is 0 Å². The molecule has 0 aliphatic rings. The lowest BCUT2D eigenvalue weighted by Gasteiger charge is -2.12. The van der Waals surface area contributed by atoms with Crippen molar-refractivity contribution in [3.63, 3.8) is 0 Å². The number of carboxylic acid groups (broad SMARTS) is 1. The minimum Gasteiger partial charge on any atom is -0.494 e. The summed E-state index contributed by atoms with van der Waals surface area (Å²) in [5.41, 5.74) is 0.0491. The Kier molecular flexibility index (Phi) is 4.65. The van der Waals surface area contributed by atoms with Crippen molar-refractivity contribution in [1.82, 2.24) is 5.32 Å². The van der Waals surface area contributed by atoms with Gasteiger partial charge in [-0.3, -0.25) is 4.79 Å². The highest BCUT2D eigenvalue weighted by Gasteiger charge is 2.19. The largest absolute Gasteiger partial charge is 0.494 e.